The largest absolute Gasteiger partial charge is 0.371 e. The number of benzene rings is 1. The van der Waals surface area contributed by atoms with Crippen LogP contribution in [0.5, 0.6) is 0 Å². The molecular weight excluding hydrogens is 296 g/mol. The Morgan fingerprint density at radius 3 is 2.48 bits per heavy atom. The number of rotatable bonds is 7. The fourth-order valence-corrected chi connectivity index (χ4v) is 2.69. The van der Waals surface area contributed by atoms with Crippen LogP contribution in [-0.2, 0) is 16.0 Å². The average molecular weight is 320 g/mol. The van der Waals surface area contributed by atoms with Gasteiger partial charge in [-0.05, 0) is 31.2 Å². The minimum absolute atomic E-state index is 0.104. The Morgan fingerprint density at radius 2 is 1.91 bits per heavy atom. The van der Waals surface area contributed by atoms with Crippen LogP contribution >= 0.6 is 0 Å². The number of carbonyl (C=O) groups is 2. The summed E-state index contributed by atoms with van der Waals surface area (Å²) < 4.78 is 5.15. The van der Waals surface area contributed by atoms with E-state index in [0.717, 1.165) is 10.5 Å². The Bertz CT molecular complexity index is 556. The lowest BCUT2D eigenvalue weighted by Crippen LogP contribution is -2.45. The van der Waals surface area contributed by atoms with Crippen LogP contribution in [0, 0.1) is 12.8 Å². The topological polar surface area (TPSA) is 78.9 Å². The third-order valence-corrected chi connectivity index (χ3v) is 3.96. The summed E-state index contributed by atoms with van der Waals surface area (Å²) in [5.41, 5.74) is 2.31. The number of nitrogens with one attached hydrogen (secondary N) is 1. The number of hydrogen-bond donors (Lipinski definition) is 2. The molecule has 1 fully saturated rings. The van der Waals surface area contributed by atoms with Crippen molar-refractivity contribution in [2.45, 2.75) is 45.9 Å². The third-order valence-electron chi connectivity index (χ3n) is 3.96. The molecule has 2 rings (SSSR count). The first kappa shape index (κ1) is 17.4. The van der Waals surface area contributed by atoms with Gasteiger partial charge in [0.2, 0.25) is 0 Å². The molecule has 1 saturated heterocycles. The minimum atomic E-state index is -0.753. The van der Waals surface area contributed by atoms with Crippen molar-refractivity contribution < 1.29 is 19.4 Å². The summed E-state index contributed by atoms with van der Waals surface area (Å²) in [7, 11) is 0. The smallest absolute Gasteiger partial charge is 0.326 e. The number of imide groups is 1. The first-order valence-corrected chi connectivity index (χ1v) is 7.85. The highest BCUT2D eigenvalue weighted by molar-refractivity contribution is 6.04. The summed E-state index contributed by atoms with van der Waals surface area (Å²) in [6.07, 6.45) is 0.489. The monoisotopic (exact) mass is 320 g/mol. The Hall–Kier alpha value is -1.92. The number of aryl methyl sites for hydroxylation is 2. The molecule has 2 atom stereocenters. The Kier molecular flexibility index (Phi) is 5.74. The lowest BCUT2D eigenvalue weighted by molar-refractivity contribution is -0.152. The highest BCUT2D eigenvalue weighted by atomic mass is 16.6. The van der Waals surface area contributed by atoms with Gasteiger partial charge < -0.3 is 15.2 Å². The minimum Gasteiger partial charge on any atom is -0.371 e. The van der Waals surface area contributed by atoms with Crippen molar-refractivity contribution in [1.29, 1.82) is 0 Å². The summed E-state index contributed by atoms with van der Waals surface area (Å²) >= 11 is 0. The standard InChI is InChI=1S/C17H24N2O4/c1-11(2)16(23-10-20)19-15(21)14(18-17(19)22)9-8-13-6-4-12(3)5-7-13/h4-7,11,14,16,20H,8-10H2,1-3H3,(H,18,22)/t14-,16-/m0/s1. The van der Waals surface area contributed by atoms with Gasteiger partial charge in [-0.3, -0.25) is 4.79 Å². The van der Waals surface area contributed by atoms with Crippen LogP contribution in [0.15, 0.2) is 24.3 Å². The molecule has 0 aromatic heterocycles. The molecule has 1 aliphatic heterocycles. The highest BCUT2D eigenvalue weighted by Crippen LogP contribution is 2.20. The molecule has 0 radical (unpaired) electrons. The fraction of sp³-hybridized carbons (Fsp3) is 0.529. The number of aliphatic hydroxyl groups excluding tert-OH is 1. The van der Waals surface area contributed by atoms with E-state index in [4.69, 9.17) is 9.84 Å². The number of urea groups is 1. The maximum absolute atomic E-state index is 12.5. The summed E-state index contributed by atoms with van der Waals surface area (Å²) in [5.74, 6) is -0.401. The van der Waals surface area contributed by atoms with Crippen LogP contribution in [0.25, 0.3) is 0 Å². The van der Waals surface area contributed by atoms with E-state index < -0.39 is 25.1 Å². The van der Waals surface area contributed by atoms with Crippen molar-refractivity contribution in [3.8, 4) is 0 Å². The molecule has 23 heavy (non-hydrogen) atoms. The van der Waals surface area contributed by atoms with E-state index in [1.165, 1.54) is 5.56 Å². The van der Waals surface area contributed by atoms with Crippen molar-refractivity contribution >= 4 is 11.9 Å². The van der Waals surface area contributed by atoms with E-state index in [9.17, 15) is 9.59 Å². The van der Waals surface area contributed by atoms with Crippen molar-refractivity contribution in [3.63, 3.8) is 0 Å². The van der Waals surface area contributed by atoms with Gasteiger partial charge in [0, 0.05) is 0 Å². The predicted molar refractivity (Wildman–Crippen MR) is 85.5 cm³/mol. The Balaban J connectivity index is 2.01. The van der Waals surface area contributed by atoms with Crippen molar-refractivity contribution in [2.24, 2.45) is 5.92 Å². The van der Waals surface area contributed by atoms with Crippen LogP contribution in [0.1, 0.15) is 31.4 Å². The van der Waals surface area contributed by atoms with E-state index in [2.05, 4.69) is 5.32 Å². The Labute approximate surface area is 136 Å². The maximum atomic E-state index is 12.5. The molecule has 1 aromatic carbocycles. The van der Waals surface area contributed by atoms with Gasteiger partial charge in [0.1, 0.15) is 19.1 Å². The summed E-state index contributed by atoms with van der Waals surface area (Å²) in [6.45, 7) is 5.16. The van der Waals surface area contributed by atoms with Crippen LogP contribution in [0.3, 0.4) is 0 Å². The number of carbonyl (C=O) groups excluding carboxylic acids is 2. The van der Waals surface area contributed by atoms with Gasteiger partial charge in [0.25, 0.3) is 5.91 Å². The lowest BCUT2D eigenvalue weighted by Gasteiger charge is -2.27. The number of hydrogen-bond acceptors (Lipinski definition) is 4. The van der Waals surface area contributed by atoms with E-state index in [0.29, 0.717) is 12.8 Å². The van der Waals surface area contributed by atoms with E-state index >= 15 is 0 Å². The Morgan fingerprint density at radius 1 is 1.26 bits per heavy atom. The van der Waals surface area contributed by atoms with Crippen LogP contribution in [0.2, 0.25) is 0 Å². The zero-order valence-electron chi connectivity index (χ0n) is 13.8. The van der Waals surface area contributed by atoms with Crippen molar-refractivity contribution in [2.75, 3.05) is 6.79 Å². The number of ether oxygens (including phenoxy) is 1. The second-order valence-corrected chi connectivity index (χ2v) is 6.16. The second kappa shape index (κ2) is 7.57. The quantitative estimate of drug-likeness (QED) is 0.593. The van der Waals surface area contributed by atoms with Gasteiger partial charge in [0.05, 0.1) is 0 Å². The molecule has 0 spiro atoms. The zero-order valence-corrected chi connectivity index (χ0v) is 13.8. The molecule has 1 heterocycles. The number of aliphatic hydroxyl groups is 1. The van der Waals surface area contributed by atoms with Gasteiger partial charge >= 0.3 is 6.03 Å². The first-order valence-electron chi connectivity index (χ1n) is 7.85. The molecule has 0 bridgehead atoms. The SMILES string of the molecule is Cc1ccc(CC[C@@H]2NC(=O)N([C@@H](OCO)C(C)C)C2=O)cc1. The van der Waals surface area contributed by atoms with Gasteiger partial charge in [-0.15, -0.1) is 0 Å². The first-order chi connectivity index (χ1) is 10.9. The predicted octanol–water partition coefficient (Wildman–Crippen LogP) is 1.80. The second-order valence-electron chi connectivity index (χ2n) is 6.16. The normalized spacial score (nSPS) is 19.3. The molecule has 0 saturated carbocycles. The molecule has 0 aliphatic carbocycles. The summed E-state index contributed by atoms with van der Waals surface area (Å²) in [5, 5.41) is 11.7. The highest BCUT2D eigenvalue weighted by Gasteiger charge is 2.43. The molecule has 126 valence electrons. The van der Waals surface area contributed by atoms with Crippen LogP contribution in [0.4, 0.5) is 4.79 Å². The lowest BCUT2D eigenvalue weighted by atomic mass is 10.0. The van der Waals surface area contributed by atoms with Crippen LogP contribution < -0.4 is 5.32 Å². The van der Waals surface area contributed by atoms with E-state index in [-0.39, 0.29) is 11.8 Å². The van der Waals surface area contributed by atoms with Gasteiger partial charge in [-0.25, -0.2) is 9.69 Å². The number of amides is 3. The molecule has 2 N–H and O–H groups in total. The van der Waals surface area contributed by atoms with Gasteiger partial charge in [0.15, 0.2) is 0 Å². The molecule has 6 nitrogen and oxygen atoms in total. The molecule has 3 amide bonds. The van der Waals surface area contributed by atoms with Crippen molar-refractivity contribution in [1.82, 2.24) is 10.2 Å². The molecular formula is C17H24N2O4. The average Bonchev–Trinajstić information content (AvgIpc) is 2.78. The summed E-state index contributed by atoms with van der Waals surface area (Å²) in [4.78, 5) is 25.7. The number of nitrogens with zero attached hydrogens (tertiary/aromatic N) is 1. The van der Waals surface area contributed by atoms with Crippen molar-refractivity contribution in [3.05, 3.63) is 35.4 Å². The molecule has 1 aromatic rings. The van der Waals surface area contributed by atoms with Gasteiger partial charge in [-0.2, -0.15) is 0 Å². The summed E-state index contributed by atoms with van der Waals surface area (Å²) in [6, 6.07) is 7.10. The zero-order chi connectivity index (χ0) is 17.0. The molecule has 1 aliphatic rings. The fourth-order valence-electron chi connectivity index (χ4n) is 2.69. The maximum Gasteiger partial charge on any atom is 0.326 e. The molecule has 0 unspecified atom stereocenters. The van der Waals surface area contributed by atoms with Crippen LogP contribution in [-0.4, -0.2) is 41.0 Å². The van der Waals surface area contributed by atoms with E-state index in [1.807, 2.05) is 45.0 Å². The van der Waals surface area contributed by atoms with E-state index in [1.54, 1.807) is 0 Å². The third kappa shape index (κ3) is 4.09. The molecule has 6 heteroatoms. The van der Waals surface area contributed by atoms with Gasteiger partial charge in [-0.1, -0.05) is 43.7 Å².